The lowest BCUT2D eigenvalue weighted by molar-refractivity contribution is 0.0437. The van der Waals surface area contributed by atoms with Gasteiger partial charge in [0.1, 0.15) is 24.3 Å². The van der Waals surface area contributed by atoms with E-state index >= 15 is 0 Å². The summed E-state index contributed by atoms with van der Waals surface area (Å²) in [5.74, 6) is 1.53. The van der Waals surface area contributed by atoms with Crippen LogP contribution in [0.25, 0.3) is 10.9 Å². The molecule has 1 atom stereocenters. The van der Waals surface area contributed by atoms with Crippen LogP contribution in [-0.4, -0.2) is 70.3 Å². The summed E-state index contributed by atoms with van der Waals surface area (Å²) in [6.07, 6.45) is -0.553. The molecule has 176 valence electrons. The largest absolute Gasteiger partial charge is 0.491 e. The summed E-state index contributed by atoms with van der Waals surface area (Å²) in [6.45, 7) is 11.4. The number of hydrogen-bond acceptors (Lipinski definition) is 6. The molecule has 0 bridgehead atoms. The average Bonchev–Trinajstić information content (AvgIpc) is 2.79. The number of β-amino-alcohol motifs (C(OH)–C–C–N with tert-alkyl or cyclic N) is 1. The zero-order chi connectivity index (χ0) is 23.4. The van der Waals surface area contributed by atoms with Gasteiger partial charge in [-0.15, -0.1) is 0 Å². The van der Waals surface area contributed by atoms with Crippen LogP contribution in [0.4, 0.5) is 0 Å². The van der Waals surface area contributed by atoms with E-state index in [9.17, 15) is 9.90 Å². The summed E-state index contributed by atoms with van der Waals surface area (Å²) in [5, 5.41) is 11.2. The SMILES string of the molecule is CC(C)(C)c1ccccc1OCC(O)CN1CCN(Cc2nc3ccccc3c(=O)[nH]2)CC1. The maximum atomic E-state index is 12.3. The molecule has 1 aliphatic rings. The van der Waals surface area contributed by atoms with Crippen LogP contribution < -0.4 is 10.3 Å². The molecule has 1 saturated heterocycles. The molecule has 3 aromatic rings. The number of fused-ring (bicyclic) bond motifs is 1. The molecule has 0 aliphatic carbocycles. The number of piperazine rings is 1. The molecule has 0 radical (unpaired) electrons. The van der Waals surface area contributed by atoms with E-state index in [4.69, 9.17) is 4.74 Å². The number of rotatable bonds is 7. The van der Waals surface area contributed by atoms with Crippen molar-refractivity contribution in [1.82, 2.24) is 19.8 Å². The maximum absolute atomic E-state index is 12.3. The lowest BCUT2D eigenvalue weighted by Crippen LogP contribution is -2.49. The zero-order valence-electron chi connectivity index (χ0n) is 19.8. The van der Waals surface area contributed by atoms with E-state index in [1.165, 1.54) is 0 Å². The number of nitrogens with one attached hydrogen (secondary N) is 1. The summed E-state index contributed by atoms with van der Waals surface area (Å²) < 4.78 is 5.98. The first kappa shape index (κ1) is 23.4. The molecule has 33 heavy (non-hydrogen) atoms. The van der Waals surface area contributed by atoms with Crippen molar-refractivity contribution in [2.24, 2.45) is 0 Å². The predicted molar refractivity (Wildman–Crippen MR) is 131 cm³/mol. The van der Waals surface area contributed by atoms with Gasteiger partial charge in [0, 0.05) is 32.7 Å². The predicted octanol–water partition coefficient (Wildman–Crippen LogP) is 2.78. The van der Waals surface area contributed by atoms with E-state index in [0.717, 1.165) is 43.0 Å². The molecule has 1 aromatic heterocycles. The minimum Gasteiger partial charge on any atom is -0.491 e. The molecule has 1 fully saturated rings. The third kappa shape index (κ3) is 5.99. The number of benzene rings is 2. The number of hydrogen-bond donors (Lipinski definition) is 2. The van der Waals surface area contributed by atoms with Gasteiger partial charge in [0.25, 0.3) is 5.56 Å². The Balaban J connectivity index is 1.26. The third-order valence-electron chi connectivity index (χ3n) is 6.10. The molecule has 7 heteroatoms. The molecular formula is C26H34N4O3. The van der Waals surface area contributed by atoms with Crippen molar-refractivity contribution in [3.8, 4) is 5.75 Å². The van der Waals surface area contributed by atoms with E-state index in [1.807, 2.05) is 36.4 Å². The zero-order valence-corrected chi connectivity index (χ0v) is 19.8. The minimum atomic E-state index is -0.553. The van der Waals surface area contributed by atoms with Gasteiger partial charge >= 0.3 is 0 Å². The second kappa shape index (κ2) is 10.0. The molecule has 1 unspecified atom stereocenters. The van der Waals surface area contributed by atoms with Gasteiger partial charge < -0.3 is 14.8 Å². The number of aliphatic hydroxyl groups excluding tert-OH is 1. The fourth-order valence-electron chi connectivity index (χ4n) is 4.30. The van der Waals surface area contributed by atoms with Gasteiger partial charge in [-0.05, 0) is 29.2 Å². The molecular weight excluding hydrogens is 416 g/mol. The van der Waals surface area contributed by atoms with Crippen molar-refractivity contribution in [2.45, 2.75) is 38.8 Å². The lowest BCUT2D eigenvalue weighted by Gasteiger charge is -2.35. The first-order valence-corrected chi connectivity index (χ1v) is 11.6. The Hall–Kier alpha value is -2.74. The van der Waals surface area contributed by atoms with Gasteiger partial charge in [-0.3, -0.25) is 14.6 Å². The molecule has 2 N–H and O–H groups in total. The van der Waals surface area contributed by atoms with Crippen LogP contribution in [0, 0.1) is 0 Å². The second-order valence-electron chi connectivity index (χ2n) is 9.82. The summed E-state index contributed by atoms with van der Waals surface area (Å²) in [4.78, 5) is 24.4. The highest BCUT2D eigenvalue weighted by atomic mass is 16.5. The number of aromatic amines is 1. The highest BCUT2D eigenvalue weighted by Crippen LogP contribution is 2.31. The Labute approximate surface area is 195 Å². The van der Waals surface area contributed by atoms with E-state index in [-0.39, 0.29) is 17.6 Å². The summed E-state index contributed by atoms with van der Waals surface area (Å²) in [5.41, 5.74) is 1.77. The molecule has 7 nitrogen and oxygen atoms in total. The van der Waals surface area contributed by atoms with E-state index in [0.29, 0.717) is 24.3 Å². The molecule has 1 aliphatic heterocycles. The smallest absolute Gasteiger partial charge is 0.258 e. The van der Waals surface area contributed by atoms with Crippen molar-refractivity contribution >= 4 is 10.9 Å². The number of aliphatic hydroxyl groups is 1. The van der Waals surface area contributed by atoms with Crippen molar-refractivity contribution in [3.05, 3.63) is 70.3 Å². The van der Waals surface area contributed by atoms with Gasteiger partial charge in [0.2, 0.25) is 0 Å². The molecule has 2 aromatic carbocycles. The van der Waals surface area contributed by atoms with Crippen molar-refractivity contribution < 1.29 is 9.84 Å². The Morgan fingerprint density at radius 1 is 1.03 bits per heavy atom. The van der Waals surface area contributed by atoms with Gasteiger partial charge in [0.15, 0.2) is 0 Å². The fraction of sp³-hybridized carbons (Fsp3) is 0.462. The molecule has 0 amide bonds. The second-order valence-corrected chi connectivity index (χ2v) is 9.82. The van der Waals surface area contributed by atoms with Crippen LogP contribution >= 0.6 is 0 Å². The van der Waals surface area contributed by atoms with Crippen molar-refractivity contribution in [2.75, 3.05) is 39.3 Å². The first-order chi connectivity index (χ1) is 15.8. The summed E-state index contributed by atoms with van der Waals surface area (Å²) >= 11 is 0. The van der Waals surface area contributed by atoms with Crippen LogP contribution in [0.3, 0.4) is 0 Å². The molecule has 0 spiro atoms. The molecule has 2 heterocycles. The van der Waals surface area contributed by atoms with Crippen LogP contribution in [0.5, 0.6) is 5.75 Å². The van der Waals surface area contributed by atoms with Gasteiger partial charge in [0.05, 0.1) is 17.4 Å². The summed E-state index contributed by atoms with van der Waals surface area (Å²) in [6, 6.07) is 15.4. The Bertz CT molecular complexity index is 1130. The highest BCUT2D eigenvalue weighted by Gasteiger charge is 2.22. The standard InChI is InChI=1S/C26H34N4O3/c1-26(2,3)21-9-5-7-11-23(21)33-18-19(31)16-29-12-14-30(15-13-29)17-24-27-22-10-6-4-8-20(22)25(32)28-24/h4-11,19,31H,12-18H2,1-3H3,(H,27,28,32). The molecule has 0 saturated carbocycles. The van der Waals surface area contributed by atoms with Gasteiger partial charge in [-0.1, -0.05) is 51.1 Å². The maximum Gasteiger partial charge on any atom is 0.258 e. The topological polar surface area (TPSA) is 81.7 Å². The highest BCUT2D eigenvalue weighted by molar-refractivity contribution is 5.77. The van der Waals surface area contributed by atoms with Crippen molar-refractivity contribution in [3.63, 3.8) is 0 Å². The number of H-pyrrole nitrogens is 1. The monoisotopic (exact) mass is 450 g/mol. The van der Waals surface area contributed by atoms with E-state index in [1.54, 1.807) is 6.07 Å². The fourth-order valence-corrected chi connectivity index (χ4v) is 4.30. The Morgan fingerprint density at radius 3 is 2.45 bits per heavy atom. The minimum absolute atomic E-state index is 0.0119. The van der Waals surface area contributed by atoms with Crippen LogP contribution in [0.2, 0.25) is 0 Å². The number of aromatic nitrogens is 2. The third-order valence-corrected chi connectivity index (χ3v) is 6.10. The van der Waals surface area contributed by atoms with Crippen molar-refractivity contribution in [1.29, 1.82) is 0 Å². The van der Waals surface area contributed by atoms with Gasteiger partial charge in [-0.25, -0.2) is 4.98 Å². The van der Waals surface area contributed by atoms with E-state index in [2.05, 4.69) is 46.6 Å². The van der Waals surface area contributed by atoms with Crippen LogP contribution in [0.15, 0.2) is 53.3 Å². The van der Waals surface area contributed by atoms with Crippen LogP contribution in [0.1, 0.15) is 32.2 Å². The quantitative estimate of drug-likeness (QED) is 0.576. The molecule has 4 rings (SSSR count). The number of para-hydroxylation sites is 2. The average molecular weight is 451 g/mol. The first-order valence-electron chi connectivity index (χ1n) is 11.6. The Morgan fingerprint density at radius 2 is 1.70 bits per heavy atom. The summed E-state index contributed by atoms with van der Waals surface area (Å²) in [7, 11) is 0. The lowest BCUT2D eigenvalue weighted by atomic mass is 9.86. The van der Waals surface area contributed by atoms with Gasteiger partial charge in [-0.2, -0.15) is 0 Å². The number of ether oxygens (including phenoxy) is 1. The number of nitrogens with zero attached hydrogens (tertiary/aromatic N) is 3. The van der Waals surface area contributed by atoms with Crippen LogP contribution in [-0.2, 0) is 12.0 Å². The Kier molecular flexibility index (Phi) is 7.12. The normalized spacial score (nSPS) is 16.7. The van der Waals surface area contributed by atoms with E-state index < -0.39 is 6.10 Å².